The minimum atomic E-state index is -0.0476. The number of nitrogens with one attached hydrogen (secondary N) is 1. The molecule has 0 aromatic heterocycles. The van der Waals surface area contributed by atoms with Crippen LogP contribution in [0.15, 0.2) is 0 Å². The van der Waals surface area contributed by atoms with Gasteiger partial charge in [-0.15, -0.1) is 0 Å². The maximum Gasteiger partial charge on any atom is 0.237 e. The molecule has 16 heavy (non-hydrogen) atoms. The summed E-state index contributed by atoms with van der Waals surface area (Å²) in [5, 5.41) is 2.92. The van der Waals surface area contributed by atoms with Crippen LogP contribution in [0.5, 0.6) is 0 Å². The van der Waals surface area contributed by atoms with Crippen LogP contribution >= 0.6 is 0 Å². The first-order chi connectivity index (χ1) is 7.52. The summed E-state index contributed by atoms with van der Waals surface area (Å²) in [6.07, 6.45) is 3.14. The number of nitrogens with zero attached hydrogens (tertiary/aromatic N) is 1. The molecule has 1 aliphatic rings. The van der Waals surface area contributed by atoms with Crippen LogP contribution < -0.4 is 11.1 Å². The minimum Gasteiger partial charge on any atom is -0.355 e. The summed E-state index contributed by atoms with van der Waals surface area (Å²) in [5.74, 6) is 0.125. The van der Waals surface area contributed by atoms with E-state index in [9.17, 15) is 4.79 Å². The molecule has 0 spiro atoms. The van der Waals surface area contributed by atoms with E-state index in [0.717, 1.165) is 38.9 Å². The third kappa shape index (κ3) is 3.19. The second-order valence-electron chi connectivity index (χ2n) is 4.98. The summed E-state index contributed by atoms with van der Waals surface area (Å²) in [4.78, 5) is 13.9. The molecular weight excluding hydrogens is 202 g/mol. The molecule has 0 aliphatic carbocycles. The van der Waals surface area contributed by atoms with E-state index in [2.05, 4.69) is 24.1 Å². The molecule has 1 unspecified atom stereocenters. The van der Waals surface area contributed by atoms with E-state index in [1.807, 2.05) is 6.92 Å². The lowest BCUT2D eigenvalue weighted by atomic mass is 9.85. The highest BCUT2D eigenvalue weighted by molar-refractivity contribution is 5.81. The maximum atomic E-state index is 11.7. The molecule has 0 saturated carbocycles. The monoisotopic (exact) mass is 227 g/mol. The van der Waals surface area contributed by atoms with Crippen LogP contribution in [0.4, 0.5) is 0 Å². The van der Waals surface area contributed by atoms with Crippen LogP contribution in [0.2, 0.25) is 0 Å². The van der Waals surface area contributed by atoms with Crippen molar-refractivity contribution in [1.82, 2.24) is 10.2 Å². The predicted molar refractivity (Wildman–Crippen MR) is 66.2 cm³/mol. The number of hydrogen-bond donors (Lipinski definition) is 2. The average molecular weight is 227 g/mol. The molecule has 4 nitrogen and oxygen atoms in total. The topological polar surface area (TPSA) is 58.4 Å². The van der Waals surface area contributed by atoms with Gasteiger partial charge in [0.1, 0.15) is 0 Å². The standard InChI is InChI=1S/C12H25N3O/c1-4-6-12(13)8-15(9-12)10(3)11(16)14-7-5-2/h10H,4-9,13H2,1-3H3,(H,14,16). The van der Waals surface area contributed by atoms with Crippen LogP contribution in [-0.2, 0) is 4.79 Å². The Hall–Kier alpha value is -0.610. The molecule has 94 valence electrons. The Labute approximate surface area is 98.6 Å². The molecule has 0 aromatic rings. The fraction of sp³-hybridized carbons (Fsp3) is 0.917. The summed E-state index contributed by atoms with van der Waals surface area (Å²) in [6, 6.07) is -0.0416. The zero-order chi connectivity index (χ0) is 12.2. The highest BCUT2D eigenvalue weighted by Crippen LogP contribution is 2.25. The van der Waals surface area contributed by atoms with Gasteiger partial charge in [-0.05, 0) is 19.8 Å². The summed E-state index contributed by atoms with van der Waals surface area (Å²) in [5.41, 5.74) is 6.12. The van der Waals surface area contributed by atoms with Crippen molar-refractivity contribution in [2.75, 3.05) is 19.6 Å². The van der Waals surface area contributed by atoms with E-state index >= 15 is 0 Å². The number of nitrogens with two attached hydrogens (primary N) is 1. The molecule has 1 fully saturated rings. The van der Waals surface area contributed by atoms with Crippen molar-refractivity contribution >= 4 is 5.91 Å². The number of likely N-dealkylation sites (tertiary alicyclic amines) is 1. The Balaban J connectivity index is 2.30. The van der Waals surface area contributed by atoms with Gasteiger partial charge in [0.15, 0.2) is 0 Å². The van der Waals surface area contributed by atoms with Crippen molar-refractivity contribution in [3.8, 4) is 0 Å². The molecule has 1 amide bonds. The summed E-state index contributed by atoms with van der Waals surface area (Å²) < 4.78 is 0. The van der Waals surface area contributed by atoms with Crippen molar-refractivity contribution < 1.29 is 4.79 Å². The molecule has 1 saturated heterocycles. The lowest BCUT2D eigenvalue weighted by Crippen LogP contribution is -2.70. The Morgan fingerprint density at radius 2 is 2.06 bits per heavy atom. The fourth-order valence-electron chi connectivity index (χ4n) is 2.25. The Morgan fingerprint density at radius 3 is 2.56 bits per heavy atom. The molecule has 0 aromatic carbocycles. The van der Waals surface area contributed by atoms with Crippen molar-refractivity contribution in [1.29, 1.82) is 0 Å². The van der Waals surface area contributed by atoms with Crippen LogP contribution in [0.1, 0.15) is 40.0 Å². The molecule has 1 rings (SSSR count). The van der Waals surface area contributed by atoms with Gasteiger partial charge in [-0.2, -0.15) is 0 Å². The zero-order valence-corrected chi connectivity index (χ0v) is 10.8. The van der Waals surface area contributed by atoms with Crippen molar-refractivity contribution in [2.45, 2.75) is 51.6 Å². The molecule has 1 aliphatic heterocycles. The Morgan fingerprint density at radius 1 is 1.44 bits per heavy atom. The molecular formula is C12H25N3O. The van der Waals surface area contributed by atoms with Gasteiger partial charge >= 0.3 is 0 Å². The SMILES string of the molecule is CCCNC(=O)C(C)N1CC(N)(CCC)C1. The number of carbonyl (C=O) groups is 1. The van der Waals surface area contributed by atoms with E-state index in [1.54, 1.807) is 0 Å². The lowest BCUT2D eigenvalue weighted by Gasteiger charge is -2.50. The predicted octanol–water partition coefficient (Wildman–Crippen LogP) is 0.714. The summed E-state index contributed by atoms with van der Waals surface area (Å²) in [7, 11) is 0. The van der Waals surface area contributed by atoms with Crippen molar-refractivity contribution in [3.63, 3.8) is 0 Å². The second-order valence-corrected chi connectivity index (χ2v) is 4.98. The number of hydrogen-bond acceptors (Lipinski definition) is 3. The van der Waals surface area contributed by atoms with E-state index in [1.165, 1.54) is 0 Å². The van der Waals surface area contributed by atoms with Gasteiger partial charge in [0, 0.05) is 25.2 Å². The minimum absolute atomic E-state index is 0.0416. The molecule has 4 heteroatoms. The molecule has 1 heterocycles. The van der Waals surface area contributed by atoms with Gasteiger partial charge in [0.2, 0.25) is 5.91 Å². The smallest absolute Gasteiger partial charge is 0.237 e. The third-order valence-corrected chi connectivity index (χ3v) is 3.26. The van der Waals surface area contributed by atoms with Gasteiger partial charge in [0.05, 0.1) is 6.04 Å². The van der Waals surface area contributed by atoms with Gasteiger partial charge < -0.3 is 11.1 Å². The van der Waals surface area contributed by atoms with Crippen LogP contribution in [0.3, 0.4) is 0 Å². The highest BCUT2D eigenvalue weighted by Gasteiger charge is 2.42. The van der Waals surface area contributed by atoms with E-state index in [0.29, 0.717) is 0 Å². The van der Waals surface area contributed by atoms with Gasteiger partial charge in [-0.25, -0.2) is 0 Å². The number of amides is 1. The van der Waals surface area contributed by atoms with Gasteiger partial charge in [-0.1, -0.05) is 20.3 Å². The van der Waals surface area contributed by atoms with Crippen LogP contribution in [0, 0.1) is 0 Å². The molecule has 0 radical (unpaired) electrons. The first-order valence-electron chi connectivity index (χ1n) is 6.33. The quantitative estimate of drug-likeness (QED) is 0.703. The second kappa shape index (κ2) is 5.64. The van der Waals surface area contributed by atoms with Crippen LogP contribution in [0.25, 0.3) is 0 Å². The molecule has 0 bridgehead atoms. The van der Waals surface area contributed by atoms with E-state index in [-0.39, 0.29) is 17.5 Å². The summed E-state index contributed by atoms with van der Waals surface area (Å²) in [6.45, 7) is 8.62. The molecule has 1 atom stereocenters. The van der Waals surface area contributed by atoms with Crippen LogP contribution in [-0.4, -0.2) is 42.0 Å². The first kappa shape index (κ1) is 13.5. The van der Waals surface area contributed by atoms with E-state index in [4.69, 9.17) is 5.73 Å². The van der Waals surface area contributed by atoms with Crippen molar-refractivity contribution in [2.24, 2.45) is 5.73 Å². The third-order valence-electron chi connectivity index (χ3n) is 3.26. The zero-order valence-electron chi connectivity index (χ0n) is 10.8. The van der Waals surface area contributed by atoms with E-state index < -0.39 is 0 Å². The van der Waals surface area contributed by atoms with Crippen molar-refractivity contribution in [3.05, 3.63) is 0 Å². The normalized spacial score (nSPS) is 21.2. The lowest BCUT2D eigenvalue weighted by molar-refractivity contribution is -0.129. The number of carbonyl (C=O) groups excluding carboxylic acids is 1. The summed E-state index contributed by atoms with van der Waals surface area (Å²) >= 11 is 0. The van der Waals surface area contributed by atoms with Gasteiger partial charge in [-0.3, -0.25) is 9.69 Å². The Kier molecular flexibility index (Phi) is 4.74. The fourth-order valence-corrected chi connectivity index (χ4v) is 2.25. The molecule has 3 N–H and O–H groups in total. The first-order valence-corrected chi connectivity index (χ1v) is 6.33. The average Bonchev–Trinajstić information content (AvgIpc) is 2.21. The Bertz CT molecular complexity index is 236. The largest absolute Gasteiger partial charge is 0.355 e. The highest BCUT2D eigenvalue weighted by atomic mass is 16.2. The maximum absolute atomic E-state index is 11.7. The van der Waals surface area contributed by atoms with Gasteiger partial charge in [0.25, 0.3) is 0 Å². The number of rotatable bonds is 6.